The molecule has 0 bridgehead atoms. The Morgan fingerprint density at radius 3 is 2.94 bits per heavy atom. The summed E-state index contributed by atoms with van der Waals surface area (Å²) in [5.41, 5.74) is 0.544. The second kappa shape index (κ2) is 4.66. The summed E-state index contributed by atoms with van der Waals surface area (Å²) in [7, 11) is 0. The fourth-order valence-corrected chi connectivity index (χ4v) is 2.63. The summed E-state index contributed by atoms with van der Waals surface area (Å²) in [5, 5.41) is 21.2. The molecule has 1 N–H and O–H groups in total. The van der Waals surface area contributed by atoms with Gasteiger partial charge in [-0.3, -0.25) is 0 Å². The average molecular weight is 266 g/mol. The molecule has 0 unspecified atom stereocenters. The molecule has 3 rings (SSSR count). The molecule has 1 aliphatic rings. The molecular formula is C11H11FN4OS. The molecule has 5 nitrogen and oxygen atoms in total. The van der Waals surface area contributed by atoms with Gasteiger partial charge in [0.25, 0.3) is 0 Å². The van der Waals surface area contributed by atoms with Crippen molar-refractivity contribution in [1.29, 1.82) is 0 Å². The Morgan fingerprint density at radius 2 is 2.22 bits per heavy atom. The van der Waals surface area contributed by atoms with Crippen LogP contribution >= 0.6 is 11.8 Å². The van der Waals surface area contributed by atoms with Gasteiger partial charge in [0.05, 0.1) is 12.6 Å². The third kappa shape index (κ3) is 2.37. The van der Waals surface area contributed by atoms with Gasteiger partial charge in [0.15, 0.2) is 0 Å². The van der Waals surface area contributed by atoms with Gasteiger partial charge in [-0.1, -0.05) is 0 Å². The van der Waals surface area contributed by atoms with Crippen LogP contribution in [0.15, 0.2) is 28.3 Å². The zero-order valence-corrected chi connectivity index (χ0v) is 10.3. The second-order valence-corrected chi connectivity index (χ2v) is 5.23. The van der Waals surface area contributed by atoms with Crippen molar-refractivity contribution in [3.8, 4) is 0 Å². The third-order valence-electron chi connectivity index (χ3n) is 2.68. The maximum Gasteiger partial charge on any atom is 0.214 e. The predicted octanol–water partition coefficient (Wildman–Crippen LogP) is 1.79. The monoisotopic (exact) mass is 266 g/mol. The third-order valence-corrected chi connectivity index (χ3v) is 3.60. The van der Waals surface area contributed by atoms with Crippen molar-refractivity contribution in [2.45, 2.75) is 35.5 Å². The Morgan fingerprint density at radius 1 is 1.39 bits per heavy atom. The van der Waals surface area contributed by atoms with Gasteiger partial charge >= 0.3 is 0 Å². The highest BCUT2D eigenvalue weighted by Gasteiger charge is 2.28. The van der Waals surface area contributed by atoms with Crippen molar-refractivity contribution < 1.29 is 9.50 Å². The fourth-order valence-electron chi connectivity index (χ4n) is 1.68. The Hall–Kier alpha value is -1.47. The number of tetrazole rings is 1. The number of benzene rings is 1. The van der Waals surface area contributed by atoms with E-state index in [1.807, 2.05) is 0 Å². The first-order valence-electron chi connectivity index (χ1n) is 5.62. The van der Waals surface area contributed by atoms with E-state index < -0.39 is 0 Å². The number of aromatic nitrogens is 4. The van der Waals surface area contributed by atoms with Crippen molar-refractivity contribution in [2.75, 3.05) is 0 Å². The summed E-state index contributed by atoms with van der Waals surface area (Å²) in [5.74, 6) is -0.366. The molecule has 0 saturated heterocycles. The lowest BCUT2D eigenvalue weighted by Gasteiger charge is -2.04. The lowest BCUT2D eigenvalue weighted by atomic mass is 10.2. The van der Waals surface area contributed by atoms with E-state index in [4.69, 9.17) is 5.11 Å². The number of nitrogens with zero attached hydrogens (tertiary/aromatic N) is 4. The predicted molar refractivity (Wildman–Crippen MR) is 62.5 cm³/mol. The highest BCUT2D eigenvalue weighted by molar-refractivity contribution is 7.99. The maximum absolute atomic E-state index is 13.3. The van der Waals surface area contributed by atoms with E-state index in [0.717, 1.165) is 12.8 Å². The molecule has 1 aliphatic carbocycles. The Labute approximate surface area is 107 Å². The standard InChI is InChI=1S/C11H11FN4OS/c12-8-3-7(6-17)4-10(5-8)18-11-13-14-15-16(11)9-1-2-9/h3-5,9,17H,1-2,6H2. The minimum absolute atomic E-state index is 0.182. The van der Waals surface area contributed by atoms with E-state index in [1.165, 1.54) is 23.9 Å². The van der Waals surface area contributed by atoms with Crippen molar-refractivity contribution >= 4 is 11.8 Å². The van der Waals surface area contributed by atoms with Crippen LogP contribution in [-0.2, 0) is 6.61 Å². The van der Waals surface area contributed by atoms with Gasteiger partial charge in [0.2, 0.25) is 5.16 Å². The molecule has 1 heterocycles. The van der Waals surface area contributed by atoms with Crippen LogP contribution in [0.2, 0.25) is 0 Å². The normalized spacial score (nSPS) is 15.0. The van der Waals surface area contributed by atoms with Crippen LogP contribution < -0.4 is 0 Å². The molecule has 94 valence electrons. The number of hydrogen-bond donors (Lipinski definition) is 1. The van der Waals surface area contributed by atoms with Gasteiger partial charge in [0.1, 0.15) is 5.82 Å². The number of aliphatic hydroxyl groups is 1. The molecule has 0 radical (unpaired) electrons. The zero-order valence-electron chi connectivity index (χ0n) is 9.45. The number of rotatable bonds is 4. The summed E-state index contributed by atoms with van der Waals surface area (Å²) in [6, 6.07) is 4.84. The Kier molecular flexibility index (Phi) is 3.00. The molecule has 0 spiro atoms. The molecule has 1 fully saturated rings. The SMILES string of the molecule is OCc1cc(F)cc(Sc2nnnn2C2CC2)c1. The van der Waals surface area contributed by atoms with Gasteiger partial charge in [-0.05, 0) is 58.8 Å². The van der Waals surface area contributed by atoms with Crippen LogP contribution in [-0.4, -0.2) is 25.3 Å². The topological polar surface area (TPSA) is 63.8 Å². The van der Waals surface area contributed by atoms with Crippen molar-refractivity contribution in [1.82, 2.24) is 20.2 Å². The number of hydrogen-bond acceptors (Lipinski definition) is 5. The molecule has 0 atom stereocenters. The zero-order chi connectivity index (χ0) is 12.5. The van der Waals surface area contributed by atoms with Crippen LogP contribution in [0.1, 0.15) is 24.4 Å². The fraction of sp³-hybridized carbons (Fsp3) is 0.364. The van der Waals surface area contributed by atoms with E-state index in [0.29, 0.717) is 21.7 Å². The van der Waals surface area contributed by atoms with E-state index in [1.54, 1.807) is 10.7 Å². The highest BCUT2D eigenvalue weighted by atomic mass is 32.2. The van der Waals surface area contributed by atoms with Gasteiger partial charge in [0, 0.05) is 4.90 Å². The molecule has 0 aliphatic heterocycles. The minimum atomic E-state index is -0.366. The van der Waals surface area contributed by atoms with Gasteiger partial charge in [-0.2, -0.15) is 0 Å². The first kappa shape index (κ1) is 11.6. The number of aliphatic hydroxyl groups excluding tert-OH is 1. The molecule has 7 heteroatoms. The van der Waals surface area contributed by atoms with Crippen molar-refractivity contribution in [2.24, 2.45) is 0 Å². The Bertz CT molecular complexity index is 570. The lowest BCUT2D eigenvalue weighted by molar-refractivity contribution is 0.281. The summed E-state index contributed by atoms with van der Waals surface area (Å²) >= 11 is 1.31. The lowest BCUT2D eigenvalue weighted by Crippen LogP contribution is -1.98. The van der Waals surface area contributed by atoms with Crippen LogP contribution in [0.5, 0.6) is 0 Å². The smallest absolute Gasteiger partial charge is 0.214 e. The van der Waals surface area contributed by atoms with Crippen molar-refractivity contribution in [3.05, 3.63) is 29.6 Å². The van der Waals surface area contributed by atoms with E-state index >= 15 is 0 Å². The Balaban J connectivity index is 1.87. The molecule has 18 heavy (non-hydrogen) atoms. The molecule has 1 aromatic heterocycles. The largest absolute Gasteiger partial charge is 0.392 e. The first-order chi connectivity index (χ1) is 8.76. The molecule has 1 saturated carbocycles. The average Bonchev–Trinajstić information content (AvgIpc) is 3.10. The van der Waals surface area contributed by atoms with Crippen LogP contribution in [0.3, 0.4) is 0 Å². The van der Waals surface area contributed by atoms with Gasteiger partial charge in [-0.15, -0.1) is 5.10 Å². The summed E-state index contributed by atoms with van der Waals surface area (Å²) < 4.78 is 15.1. The van der Waals surface area contributed by atoms with E-state index in [-0.39, 0.29) is 12.4 Å². The van der Waals surface area contributed by atoms with Crippen LogP contribution in [0, 0.1) is 5.82 Å². The first-order valence-corrected chi connectivity index (χ1v) is 6.44. The molecule has 2 aromatic rings. The van der Waals surface area contributed by atoms with E-state index in [9.17, 15) is 4.39 Å². The molecular weight excluding hydrogens is 255 g/mol. The van der Waals surface area contributed by atoms with Crippen LogP contribution in [0.4, 0.5) is 4.39 Å². The van der Waals surface area contributed by atoms with Crippen molar-refractivity contribution in [3.63, 3.8) is 0 Å². The van der Waals surface area contributed by atoms with Crippen LogP contribution in [0.25, 0.3) is 0 Å². The maximum atomic E-state index is 13.3. The highest BCUT2D eigenvalue weighted by Crippen LogP contribution is 2.38. The second-order valence-electron chi connectivity index (χ2n) is 4.19. The minimum Gasteiger partial charge on any atom is -0.392 e. The summed E-state index contributed by atoms with van der Waals surface area (Å²) in [6.07, 6.45) is 2.17. The molecule has 1 aromatic carbocycles. The van der Waals surface area contributed by atoms with Gasteiger partial charge < -0.3 is 5.11 Å². The van der Waals surface area contributed by atoms with Gasteiger partial charge in [-0.25, -0.2) is 9.07 Å². The van der Waals surface area contributed by atoms with E-state index in [2.05, 4.69) is 15.5 Å². The number of halogens is 1. The summed E-state index contributed by atoms with van der Waals surface area (Å²) in [4.78, 5) is 0.691. The summed E-state index contributed by atoms with van der Waals surface area (Å²) in [6.45, 7) is -0.182. The quantitative estimate of drug-likeness (QED) is 0.914. The molecule has 0 amide bonds.